The molecule has 1 aromatic carbocycles. The van der Waals surface area contributed by atoms with E-state index in [2.05, 4.69) is 31.9 Å². The summed E-state index contributed by atoms with van der Waals surface area (Å²) in [6.45, 7) is 0. The van der Waals surface area contributed by atoms with Crippen molar-refractivity contribution in [2.45, 2.75) is 6.04 Å². The highest BCUT2D eigenvalue weighted by Gasteiger charge is 2.16. The number of fused-ring (bicyclic) bond motifs is 1. The summed E-state index contributed by atoms with van der Waals surface area (Å²) in [5.74, 6) is -0.212. The summed E-state index contributed by atoms with van der Waals surface area (Å²) in [5, 5.41) is 1.03. The van der Waals surface area contributed by atoms with Crippen LogP contribution in [0.15, 0.2) is 38.6 Å². The molecule has 0 aliphatic rings. The highest BCUT2D eigenvalue weighted by molar-refractivity contribution is 9.13. The van der Waals surface area contributed by atoms with Crippen molar-refractivity contribution in [2.24, 2.45) is 5.73 Å². The number of hydrogen-bond donors (Lipinski definition) is 1. The van der Waals surface area contributed by atoms with Crippen molar-refractivity contribution in [1.29, 1.82) is 0 Å². The van der Waals surface area contributed by atoms with Crippen molar-refractivity contribution in [3.05, 3.63) is 54.2 Å². The molecule has 0 bridgehead atoms. The molecule has 0 fully saturated rings. The number of rotatable bonds is 2. The van der Waals surface area contributed by atoms with Crippen LogP contribution in [-0.4, -0.2) is 0 Å². The molecule has 3 aromatic rings. The van der Waals surface area contributed by atoms with Crippen LogP contribution in [0.4, 0.5) is 4.39 Å². The summed E-state index contributed by atoms with van der Waals surface area (Å²) in [7, 11) is 0. The molecule has 6 heteroatoms. The monoisotopic (exact) mass is 419 g/mol. The van der Waals surface area contributed by atoms with Gasteiger partial charge in [-0.15, -0.1) is 22.7 Å². The van der Waals surface area contributed by atoms with Crippen LogP contribution in [0, 0.1) is 5.82 Å². The molecule has 19 heavy (non-hydrogen) atoms. The lowest BCUT2D eigenvalue weighted by Gasteiger charge is -2.05. The van der Waals surface area contributed by atoms with E-state index in [9.17, 15) is 4.39 Å². The lowest BCUT2D eigenvalue weighted by molar-refractivity contribution is 0.630. The fraction of sp³-hybridized carbons (Fsp3) is 0.0769. The molecule has 0 aliphatic heterocycles. The van der Waals surface area contributed by atoms with Gasteiger partial charge in [0.1, 0.15) is 5.82 Å². The first-order chi connectivity index (χ1) is 9.04. The third kappa shape index (κ3) is 2.64. The van der Waals surface area contributed by atoms with Gasteiger partial charge in [0.25, 0.3) is 0 Å². The van der Waals surface area contributed by atoms with Gasteiger partial charge < -0.3 is 5.73 Å². The maximum absolute atomic E-state index is 13.2. The van der Waals surface area contributed by atoms with Gasteiger partial charge >= 0.3 is 0 Å². The Kier molecular flexibility index (Phi) is 3.79. The Morgan fingerprint density at radius 1 is 1.05 bits per heavy atom. The van der Waals surface area contributed by atoms with Crippen LogP contribution in [0.1, 0.15) is 15.8 Å². The molecule has 0 saturated carbocycles. The van der Waals surface area contributed by atoms with Crippen LogP contribution in [-0.2, 0) is 0 Å². The van der Waals surface area contributed by atoms with Crippen LogP contribution < -0.4 is 5.73 Å². The Morgan fingerprint density at radius 2 is 1.79 bits per heavy atom. The number of thiophene rings is 2. The van der Waals surface area contributed by atoms with Gasteiger partial charge in [0.15, 0.2) is 0 Å². The van der Waals surface area contributed by atoms with E-state index >= 15 is 0 Å². The van der Waals surface area contributed by atoms with Crippen LogP contribution in [0.25, 0.3) is 10.1 Å². The Balaban J connectivity index is 2.03. The van der Waals surface area contributed by atoms with Gasteiger partial charge in [-0.2, -0.15) is 0 Å². The van der Waals surface area contributed by atoms with Crippen molar-refractivity contribution in [3.8, 4) is 0 Å². The minimum absolute atomic E-state index is 0.173. The van der Waals surface area contributed by atoms with Gasteiger partial charge in [-0.3, -0.25) is 0 Å². The van der Waals surface area contributed by atoms with Crippen molar-refractivity contribution in [1.82, 2.24) is 0 Å². The molecular formula is C13H8Br2FNS2. The number of hydrogen-bond acceptors (Lipinski definition) is 3. The molecule has 0 radical (unpaired) electrons. The molecule has 98 valence electrons. The molecule has 3 rings (SSSR count). The summed E-state index contributed by atoms with van der Waals surface area (Å²) in [6, 6.07) is 8.69. The molecule has 1 atom stereocenters. The Labute approximate surface area is 134 Å². The topological polar surface area (TPSA) is 26.0 Å². The average Bonchev–Trinajstić information content (AvgIpc) is 2.92. The zero-order valence-electron chi connectivity index (χ0n) is 9.49. The van der Waals surface area contributed by atoms with E-state index in [0.717, 1.165) is 28.1 Å². The third-order valence-electron chi connectivity index (χ3n) is 2.78. The molecule has 2 aromatic heterocycles. The minimum atomic E-state index is -0.212. The van der Waals surface area contributed by atoms with Crippen LogP contribution in [0.3, 0.4) is 0 Å². The van der Waals surface area contributed by atoms with Gasteiger partial charge in [-0.05, 0) is 61.5 Å². The van der Waals surface area contributed by atoms with Gasteiger partial charge in [0.05, 0.1) is 9.83 Å². The van der Waals surface area contributed by atoms with E-state index < -0.39 is 0 Å². The summed E-state index contributed by atoms with van der Waals surface area (Å²) >= 11 is 10.1. The molecule has 1 unspecified atom stereocenters. The van der Waals surface area contributed by atoms with E-state index in [1.807, 2.05) is 12.1 Å². The largest absolute Gasteiger partial charge is 0.319 e. The molecule has 1 nitrogen and oxygen atoms in total. The first-order valence-corrected chi connectivity index (χ1v) is 8.66. The van der Waals surface area contributed by atoms with Gasteiger partial charge in [0.2, 0.25) is 0 Å². The second kappa shape index (κ2) is 5.26. The summed E-state index contributed by atoms with van der Waals surface area (Å²) < 4.78 is 16.2. The molecular weight excluding hydrogens is 413 g/mol. The van der Waals surface area contributed by atoms with E-state index in [1.54, 1.807) is 34.8 Å². The first-order valence-electron chi connectivity index (χ1n) is 5.44. The second-order valence-corrected chi connectivity index (χ2v) is 8.45. The molecule has 0 spiro atoms. The zero-order valence-corrected chi connectivity index (χ0v) is 14.3. The Morgan fingerprint density at radius 3 is 2.47 bits per heavy atom. The number of benzene rings is 1. The molecule has 0 aliphatic carbocycles. The smallest absolute Gasteiger partial charge is 0.124 e. The van der Waals surface area contributed by atoms with Gasteiger partial charge in [0, 0.05) is 18.9 Å². The van der Waals surface area contributed by atoms with Gasteiger partial charge in [-0.1, -0.05) is 6.07 Å². The maximum Gasteiger partial charge on any atom is 0.124 e. The zero-order chi connectivity index (χ0) is 13.6. The predicted octanol–water partition coefficient (Wildman–Crippen LogP) is 5.68. The Bertz CT molecular complexity index is 731. The van der Waals surface area contributed by atoms with Crippen LogP contribution in [0.2, 0.25) is 0 Å². The maximum atomic E-state index is 13.2. The fourth-order valence-corrected chi connectivity index (χ4v) is 5.13. The van der Waals surface area contributed by atoms with E-state index in [4.69, 9.17) is 5.73 Å². The highest BCUT2D eigenvalue weighted by Crippen LogP contribution is 2.39. The minimum Gasteiger partial charge on any atom is -0.319 e. The average molecular weight is 421 g/mol. The lowest BCUT2D eigenvalue weighted by atomic mass is 10.2. The molecule has 0 amide bonds. The molecule has 2 heterocycles. The lowest BCUT2D eigenvalue weighted by Crippen LogP contribution is -2.07. The van der Waals surface area contributed by atoms with Crippen LogP contribution >= 0.6 is 54.5 Å². The van der Waals surface area contributed by atoms with Crippen molar-refractivity contribution in [2.75, 3.05) is 0 Å². The number of halogens is 3. The SMILES string of the molecule is NC(c1cc(Br)c(Br)s1)c1cc2ccc(F)cc2s1. The summed E-state index contributed by atoms with van der Waals surface area (Å²) in [6.07, 6.45) is 0. The summed E-state index contributed by atoms with van der Waals surface area (Å²) in [5.41, 5.74) is 6.29. The van der Waals surface area contributed by atoms with Gasteiger partial charge in [-0.25, -0.2) is 4.39 Å². The van der Waals surface area contributed by atoms with Crippen molar-refractivity contribution < 1.29 is 4.39 Å². The quantitative estimate of drug-likeness (QED) is 0.567. The fourth-order valence-electron chi connectivity index (χ4n) is 1.84. The molecule has 0 saturated heterocycles. The molecule has 2 N–H and O–H groups in total. The van der Waals surface area contributed by atoms with Crippen LogP contribution in [0.5, 0.6) is 0 Å². The predicted molar refractivity (Wildman–Crippen MR) is 87.5 cm³/mol. The first kappa shape index (κ1) is 13.7. The highest BCUT2D eigenvalue weighted by atomic mass is 79.9. The summed E-state index contributed by atoms with van der Waals surface area (Å²) in [4.78, 5) is 2.12. The Hall–Kier alpha value is -0.270. The van der Waals surface area contributed by atoms with E-state index in [0.29, 0.717) is 0 Å². The number of nitrogens with two attached hydrogens (primary N) is 1. The van der Waals surface area contributed by atoms with Crippen molar-refractivity contribution >= 4 is 64.6 Å². The van der Waals surface area contributed by atoms with Crippen molar-refractivity contribution in [3.63, 3.8) is 0 Å². The third-order valence-corrected chi connectivity index (χ3v) is 7.30. The van der Waals surface area contributed by atoms with E-state index in [1.165, 1.54) is 6.07 Å². The second-order valence-electron chi connectivity index (χ2n) is 4.08. The standard InChI is InChI=1S/C13H8Br2FNS2/c14-8-5-11(19-13(8)15)12(17)10-3-6-1-2-7(16)4-9(6)18-10/h1-5,12H,17H2. The van der Waals surface area contributed by atoms with E-state index in [-0.39, 0.29) is 11.9 Å². The normalized spacial score (nSPS) is 13.1.